The quantitative estimate of drug-likeness (QED) is 0.128. The van der Waals surface area contributed by atoms with Crippen molar-refractivity contribution in [2.24, 2.45) is 0 Å². The minimum atomic E-state index is -0.864. The number of ether oxygens (including phenoxy) is 4. The normalized spacial score (nSPS) is 16.2. The summed E-state index contributed by atoms with van der Waals surface area (Å²) in [6, 6.07) is 0.849. The van der Waals surface area contributed by atoms with Crippen molar-refractivity contribution in [2.75, 3.05) is 26.4 Å². The Morgan fingerprint density at radius 1 is 0.743 bits per heavy atom. The van der Waals surface area contributed by atoms with E-state index in [4.69, 9.17) is 24.4 Å². The molecule has 0 saturated carbocycles. The molecule has 4 atom stereocenters. The zero-order valence-electron chi connectivity index (χ0n) is 24.3. The number of esters is 1. The van der Waals surface area contributed by atoms with Crippen molar-refractivity contribution in [3.63, 3.8) is 0 Å². The molecule has 0 aromatic rings. The summed E-state index contributed by atoms with van der Waals surface area (Å²) in [5, 5.41) is 18.2. The van der Waals surface area contributed by atoms with Crippen molar-refractivity contribution in [3.8, 4) is 0 Å². The Hall–Kier alpha value is -1.26. The van der Waals surface area contributed by atoms with Gasteiger partial charge in [0.15, 0.2) is 0 Å². The van der Waals surface area contributed by atoms with Crippen LogP contribution in [0.5, 0.6) is 0 Å². The lowest BCUT2D eigenvalue weighted by molar-refractivity contribution is -0.151. The Bertz CT molecular complexity index is 573. The highest BCUT2D eigenvalue weighted by atomic mass is 16.6. The van der Waals surface area contributed by atoms with Crippen LogP contribution >= 0.6 is 0 Å². The van der Waals surface area contributed by atoms with Crippen LogP contribution in [0, 0.1) is 5.41 Å². The number of hydrogen-bond acceptors (Lipinski definition) is 9. The van der Waals surface area contributed by atoms with Gasteiger partial charge in [-0.1, -0.05) is 27.7 Å². The van der Waals surface area contributed by atoms with Crippen molar-refractivity contribution in [1.29, 1.82) is 5.41 Å². The van der Waals surface area contributed by atoms with Crippen LogP contribution in [0.4, 0.5) is 0 Å². The third-order valence-corrected chi connectivity index (χ3v) is 5.06. The monoisotopic (exact) mass is 502 g/mol. The maximum absolute atomic E-state index is 12.5. The number of hydrogen-bond donors (Lipinski definition) is 4. The smallest absolute Gasteiger partial charge is 0.325 e. The van der Waals surface area contributed by atoms with E-state index in [-0.39, 0.29) is 36.1 Å². The number of carbonyl (C=O) groups excluding carboxylic acids is 1. The Kier molecular flexibility index (Phi) is 15.2. The molecule has 0 aliphatic carbocycles. The second-order valence-corrected chi connectivity index (χ2v) is 11.3. The first-order valence-electron chi connectivity index (χ1n) is 12.9. The lowest BCUT2D eigenvalue weighted by atomic mass is 10.0. The van der Waals surface area contributed by atoms with Crippen LogP contribution < -0.4 is 16.0 Å². The SMILES string of the molecule is CC(C)NC(C)COC(=N)C(C)(C)OC(C)COCC(C)NC(C)(C)C(=O)OCC(C)NC(C)C. The average Bonchev–Trinajstić information content (AvgIpc) is 2.68. The van der Waals surface area contributed by atoms with Crippen LogP contribution in [0.2, 0.25) is 0 Å². The molecule has 0 aromatic carbocycles. The van der Waals surface area contributed by atoms with Gasteiger partial charge in [0, 0.05) is 30.2 Å². The van der Waals surface area contributed by atoms with E-state index in [1.165, 1.54) is 0 Å². The standard InChI is InChI=1S/C26H54N4O5/c1-17(2)28-19(5)14-33-23(27)26(11,12)35-22(8)16-32-13-21(7)30-25(9,10)24(31)34-15-20(6)29-18(3)4/h17-22,27-30H,13-16H2,1-12H3. The predicted octanol–water partition coefficient (Wildman–Crippen LogP) is 3.25. The van der Waals surface area contributed by atoms with Gasteiger partial charge in [-0.15, -0.1) is 0 Å². The highest BCUT2D eigenvalue weighted by molar-refractivity contribution is 5.81. The third kappa shape index (κ3) is 15.5. The largest absolute Gasteiger partial charge is 0.477 e. The lowest BCUT2D eigenvalue weighted by Crippen LogP contribution is -2.53. The Morgan fingerprint density at radius 2 is 1.23 bits per heavy atom. The highest BCUT2D eigenvalue weighted by Gasteiger charge is 2.32. The summed E-state index contributed by atoms with van der Waals surface area (Å²) in [5.41, 5.74) is -1.70. The van der Waals surface area contributed by atoms with Crippen molar-refractivity contribution in [3.05, 3.63) is 0 Å². The zero-order valence-corrected chi connectivity index (χ0v) is 24.3. The van der Waals surface area contributed by atoms with E-state index >= 15 is 0 Å². The molecule has 0 rings (SSSR count). The molecule has 0 fully saturated rings. The fourth-order valence-corrected chi connectivity index (χ4v) is 3.72. The van der Waals surface area contributed by atoms with Gasteiger partial charge in [-0.05, 0) is 55.4 Å². The van der Waals surface area contributed by atoms with E-state index in [1.54, 1.807) is 0 Å². The van der Waals surface area contributed by atoms with Gasteiger partial charge in [0.2, 0.25) is 5.90 Å². The van der Waals surface area contributed by atoms with Gasteiger partial charge in [0.1, 0.15) is 24.4 Å². The molecule has 0 saturated heterocycles. The maximum atomic E-state index is 12.5. The first-order chi connectivity index (χ1) is 16.0. The third-order valence-electron chi connectivity index (χ3n) is 5.06. The molecule has 35 heavy (non-hydrogen) atoms. The van der Waals surface area contributed by atoms with Gasteiger partial charge < -0.3 is 29.6 Å². The Morgan fingerprint density at radius 3 is 1.71 bits per heavy atom. The summed E-state index contributed by atoms with van der Waals surface area (Å²) in [5.74, 6) is -0.202. The summed E-state index contributed by atoms with van der Waals surface area (Å²) in [4.78, 5) is 12.5. The van der Waals surface area contributed by atoms with E-state index in [0.717, 1.165) is 0 Å². The Labute approximate surface area is 214 Å². The number of nitrogens with one attached hydrogen (secondary N) is 4. The molecule has 208 valence electrons. The lowest BCUT2D eigenvalue weighted by Gasteiger charge is -2.31. The second-order valence-electron chi connectivity index (χ2n) is 11.3. The van der Waals surface area contributed by atoms with Gasteiger partial charge >= 0.3 is 5.97 Å². The molecular formula is C26H54N4O5. The van der Waals surface area contributed by atoms with Gasteiger partial charge in [0.25, 0.3) is 0 Å². The highest BCUT2D eigenvalue weighted by Crippen LogP contribution is 2.16. The average molecular weight is 503 g/mol. The predicted molar refractivity (Wildman–Crippen MR) is 142 cm³/mol. The maximum Gasteiger partial charge on any atom is 0.325 e. The summed E-state index contributed by atoms with van der Waals surface area (Å²) < 4.78 is 23.0. The molecule has 0 heterocycles. The molecule has 0 radical (unpaired) electrons. The first-order valence-corrected chi connectivity index (χ1v) is 12.9. The summed E-state index contributed by atoms with van der Waals surface area (Å²) in [6.45, 7) is 24.9. The molecule has 4 N–H and O–H groups in total. The van der Waals surface area contributed by atoms with Crippen LogP contribution in [-0.4, -0.2) is 85.7 Å². The fourth-order valence-electron chi connectivity index (χ4n) is 3.72. The summed E-state index contributed by atoms with van der Waals surface area (Å²) in [6.07, 6.45) is -0.236. The van der Waals surface area contributed by atoms with Crippen molar-refractivity contribution in [2.45, 2.75) is 131 Å². The molecule has 0 aromatic heterocycles. The number of rotatable bonds is 18. The van der Waals surface area contributed by atoms with E-state index in [9.17, 15) is 4.79 Å². The molecule has 0 aliphatic rings. The fraction of sp³-hybridized carbons (Fsp3) is 0.923. The summed E-state index contributed by atoms with van der Waals surface area (Å²) in [7, 11) is 0. The zero-order chi connectivity index (χ0) is 27.4. The molecule has 0 spiro atoms. The van der Waals surface area contributed by atoms with Crippen LogP contribution in [0.3, 0.4) is 0 Å². The van der Waals surface area contributed by atoms with E-state index in [2.05, 4.69) is 43.6 Å². The van der Waals surface area contributed by atoms with Gasteiger partial charge in [-0.2, -0.15) is 0 Å². The topological polar surface area (TPSA) is 114 Å². The molecular weight excluding hydrogens is 448 g/mol. The molecule has 0 bridgehead atoms. The summed E-state index contributed by atoms with van der Waals surface area (Å²) >= 11 is 0. The van der Waals surface area contributed by atoms with Crippen molar-refractivity contribution in [1.82, 2.24) is 16.0 Å². The van der Waals surface area contributed by atoms with Crippen LogP contribution in [0.15, 0.2) is 0 Å². The van der Waals surface area contributed by atoms with Crippen LogP contribution in [0.1, 0.15) is 83.1 Å². The molecule has 9 heteroatoms. The first kappa shape index (κ1) is 33.7. The van der Waals surface area contributed by atoms with Gasteiger partial charge in [0.05, 0.1) is 19.3 Å². The number of carbonyl (C=O) groups is 1. The minimum Gasteiger partial charge on any atom is -0.477 e. The molecule has 0 aliphatic heterocycles. The van der Waals surface area contributed by atoms with Gasteiger partial charge in [-0.3, -0.25) is 15.5 Å². The second kappa shape index (κ2) is 15.8. The van der Waals surface area contributed by atoms with Crippen molar-refractivity contribution < 1.29 is 23.7 Å². The van der Waals surface area contributed by atoms with Crippen molar-refractivity contribution >= 4 is 11.9 Å². The molecule has 0 amide bonds. The molecule has 4 unspecified atom stereocenters. The van der Waals surface area contributed by atoms with Crippen LogP contribution in [-0.2, 0) is 23.7 Å². The van der Waals surface area contributed by atoms with E-state index in [0.29, 0.717) is 38.5 Å². The van der Waals surface area contributed by atoms with E-state index < -0.39 is 11.1 Å². The molecule has 9 nitrogen and oxygen atoms in total. The Balaban J connectivity index is 4.40. The minimum absolute atomic E-state index is 0.0689. The van der Waals surface area contributed by atoms with E-state index in [1.807, 2.05) is 55.4 Å². The van der Waals surface area contributed by atoms with Crippen LogP contribution in [0.25, 0.3) is 0 Å². The van der Waals surface area contributed by atoms with Gasteiger partial charge in [-0.25, -0.2) is 0 Å².